The number of amides is 1. The van der Waals surface area contributed by atoms with E-state index in [0.29, 0.717) is 11.3 Å². The molecule has 2 unspecified atom stereocenters. The summed E-state index contributed by atoms with van der Waals surface area (Å²) in [5, 5.41) is 12.3. The summed E-state index contributed by atoms with van der Waals surface area (Å²) >= 11 is 0. The van der Waals surface area contributed by atoms with Crippen molar-refractivity contribution < 1.29 is 23.8 Å². The molecule has 0 aliphatic carbocycles. The summed E-state index contributed by atoms with van der Waals surface area (Å²) in [6.45, 7) is 5.03. The standard InChI is InChI=1S/C16H19FN2O4/c1-15(2,3)23-14(22)19-11(12(20)21)8-16(17)9-6-4-5-7-10(9)18-13(16)19/h4-7,11,13,18H,8H2,1-3H3,(H,20,21)/t11-,13?,16?/m0/s1. The van der Waals surface area contributed by atoms with Crippen molar-refractivity contribution in [2.24, 2.45) is 0 Å². The number of rotatable bonds is 1. The van der Waals surface area contributed by atoms with Crippen molar-refractivity contribution in [3.8, 4) is 0 Å². The normalized spacial score (nSPS) is 28.8. The van der Waals surface area contributed by atoms with E-state index in [9.17, 15) is 14.7 Å². The Morgan fingerprint density at radius 3 is 2.65 bits per heavy atom. The molecule has 1 aromatic carbocycles. The zero-order chi connectivity index (χ0) is 17.0. The summed E-state index contributed by atoms with van der Waals surface area (Å²) in [4.78, 5) is 24.9. The highest BCUT2D eigenvalue weighted by Crippen LogP contribution is 2.52. The van der Waals surface area contributed by atoms with Crippen LogP contribution in [0.3, 0.4) is 0 Å². The number of anilines is 1. The second-order valence-electron chi connectivity index (χ2n) is 6.90. The first-order valence-electron chi connectivity index (χ1n) is 7.42. The van der Waals surface area contributed by atoms with E-state index >= 15 is 4.39 Å². The second kappa shape index (κ2) is 4.84. The van der Waals surface area contributed by atoms with Crippen LogP contribution in [-0.4, -0.2) is 39.9 Å². The van der Waals surface area contributed by atoms with Crippen LogP contribution in [0.1, 0.15) is 32.8 Å². The molecule has 2 aliphatic rings. The molecule has 0 spiro atoms. The lowest BCUT2D eigenvalue weighted by Crippen LogP contribution is -2.50. The fourth-order valence-electron chi connectivity index (χ4n) is 3.21. The molecule has 0 radical (unpaired) electrons. The van der Waals surface area contributed by atoms with Crippen molar-refractivity contribution in [3.63, 3.8) is 0 Å². The molecule has 1 fully saturated rings. The van der Waals surface area contributed by atoms with Crippen LogP contribution in [0.4, 0.5) is 14.9 Å². The van der Waals surface area contributed by atoms with Crippen LogP contribution in [0.15, 0.2) is 24.3 Å². The number of fused-ring (bicyclic) bond motifs is 3. The first-order valence-corrected chi connectivity index (χ1v) is 7.42. The summed E-state index contributed by atoms with van der Waals surface area (Å²) in [6.07, 6.45) is -2.23. The number of para-hydroxylation sites is 1. The SMILES string of the molecule is CC(C)(C)OC(=O)N1C2Nc3ccccc3C2(F)C[C@H]1C(=O)O. The van der Waals surface area contributed by atoms with Gasteiger partial charge in [0.2, 0.25) is 0 Å². The summed E-state index contributed by atoms with van der Waals surface area (Å²) in [5.74, 6) is -1.25. The van der Waals surface area contributed by atoms with Crippen molar-refractivity contribution >= 4 is 17.7 Å². The molecule has 1 saturated heterocycles. The predicted octanol–water partition coefficient (Wildman–Crippen LogP) is 2.70. The third-order valence-corrected chi connectivity index (χ3v) is 4.09. The van der Waals surface area contributed by atoms with Gasteiger partial charge < -0.3 is 15.2 Å². The summed E-state index contributed by atoms with van der Waals surface area (Å²) in [7, 11) is 0. The van der Waals surface area contributed by atoms with E-state index in [1.54, 1.807) is 45.0 Å². The number of carboxylic acids is 1. The maximum atomic E-state index is 15.6. The lowest BCUT2D eigenvalue weighted by atomic mass is 9.93. The van der Waals surface area contributed by atoms with Gasteiger partial charge in [-0.1, -0.05) is 18.2 Å². The molecule has 23 heavy (non-hydrogen) atoms. The number of carbonyl (C=O) groups excluding carboxylic acids is 1. The molecule has 2 aliphatic heterocycles. The van der Waals surface area contributed by atoms with Gasteiger partial charge in [-0.05, 0) is 26.8 Å². The first-order chi connectivity index (χ1) is 10.6. The zero-order valence-electron chi connectivity index (χ0n) is 13.2. The largest absolute Gasteiger partial charge is 0.480 e. The number of aliphatic carboxylic acids is 1. The maximum Gasteiger partial charge on any atom is 0.412 e. The third kappa shape index (κ3) is 2.40. The lowest BCUT2D eigenvalue weighted by molar-refractivity contribution is -0.142. The van der Waals surface area contributed by atoms with Crippen LogP contribution in [0, 0.1) is 0 Å². The van der Waals surface area contributed by atoms with Crippen LogP contribution in [0.2, 0.25) is 0 Å². The minimum Gasteiger partial charge on any atom is -0.480 e. The minimum atomic E-state index is -1.95. The van der Waals surface area contributed by atoms with Crippen molar-refractivity contribution in [2.45, 2.75) is 50.7 Å². The second-order valence-corrected chi connectivity index (χ2v) is 6.90. The van der Waals surface area contributed by atoms with Gasteiger partial charge in [0, 0.05) is 17.7 Å². The monoisotopic (exact) mass is 322 g/mol. The number of halogens is 1. The molecule has 0 aromatic heterocycles. The Kier molecular flexibility index (Phi) is 3.28. The van der Waals surface area contributed by atoms with Crippen LogP contribution in [0.5, 0.6) is 0 Å². The number of benzene rings is 1. The van der Waals surface area contributed by atoms with E-state index in [2.05, 4.69) is 5.32 Å². The van der Waals surface area contributed by atoms with Crippen LogP contribution >= 0.6 is 0 Å². The lowest BCUT2D eigenvalue weighted by Gasteiger charge is -2.31. The van der Waals surface area contributed by atoms with Gasteiger partial charge in [0.1, 0.15) is 17.8 Å². The Bertz CT molecular complexity index is 672. The maximum absolute atomic E-state index is 15.6. The van der Waals surface area contributed by atoms with Crippen molar-refractivity contribution in [2.75, 3.05) is 5.32 Å². The molecule has 0 bridgehead atoms. The van der Waals surface area contributed by atoms with Gasteiger partial charge in [0.15, 0.2) is 5.67 Å². The van der Waals surface area contributed by atoms with E-state index in [0.717, 1.165) is 4.90 Å². The molecule has 0 saturated carbocycles. The van der Waals surface area contributed by atoms with Crippen molar-refractivity contribution in [1.29, 1.82) is 0 Å². The number of hydrogen-bond donors (Lipinski definition) is 2. The quantitative estimate of drug-likeness (QED) is 0.831. The Balaban J connectivity index is 1.99. The minimum absolute atomic E-state index is 0.309. The highest BCUT2D eigenvalue weighted by atomic mass is 19.1. The number of nitrogens with zero attached hydrogens (tertiary/aromatic N) is 1. The molecule has 6 nitrogen and oxygen atoms in total. The number of nitrogens with one attached hydrogen (secondary N) is 1. The summed E-state index contributed by atoms with van der Waals surface area (Å²) < 4.78 is 20.8. The number of likely N-dealkylation sites (tertiary alicyclic amines) is 1. The summed E-state index contributed by atoms with van der Waals surface area (Å²) in [6, 6.07) is 5.48. The molecule has 2 heterocycles. The Labute approximate surface area is 133 Å². The Hall–Kier alpha value is -2.31. The predicted molar refractivity (Wildman–Crippen MR) is 80.8 cm³/mol. The van der Waals surface area contributed by atoms with Gasteiger partial charge >= 0.3 is 12.1 Å². The van der Waals surface area contributed by atoms with Gasteiger partial charge in [-0.3, -0.25) is 4.90 Å². The van der Waals surface area contributed by atoms with Gasteiger partial charge in [0.05, 0.1) is 0 Å². The molecule has 1 aromatic rings. The van der Waals surface area contributed by atoms with E-state index in [1.807, 2.05) is 0 Å². The smallest absolute Gasteiger partial charge is 0.412 e. The van der Waals surface area contributed by atoms with Crippen molar-refractivity contribution in [1.82, 2.24) is 4.90 Å². The van der Waals surface area contributed by atoms with E-state index < -0.39 is 35.5 Å². The molecular formula is C16H19FN2O4. The van der Waals surface area contributed by atoms with Crippen LogP contribution in [0.25, 0.3) is 0 Å². The van der Waals surface area contributed by atoms with Crippen molar-refractivity contribution in [3.05, 3.63) is 29.8 Å². The topological polar surface area (TPSA) is 78.9 Å². The highest BCUT2D eigenvalue weighted by Gasteiger charge is 2.62. The average Bonchev–Trinajstić information content (AvgIpc) is 2.86. The summed E-state index contributed by atoms with van der Waals surface area (Å²) in [5.41, 5.74) is -1.80. The van der Waals surface area contributed by atoms with E-state index in [-0.39, 0.29) is 6.42 Å². The van der Waals surface area contributed by atoms with Gasteiger partial charge in [0.25, 0.3) is 0 Å². The molecule has 2 N–H and O–H groups in total. The Morgan fingerprint density at radius 2 is 2.04 bits per heavy atom. The average molecular weight is 322 g/mol. The first kappa shape index (κ1) is 15.6. The van der Waals surface area contributed by atoms with E-state index in [1.165, 1.54) is 0 Å². The zero-order valence-corrected chi connectivity index (χ0v) is 13.2. The van der Waals surface area contributed by atoms with Crippen LogP contribution < -0.4 is 5.32 Å². The Morgan fingerprint density at radius 1 is 1.39 bits per heavy atom. The molecule has 3 rings (SSSR count). The molecule has 3 atom stereocenters. The number of carboxylic acid groups (broad SMARTS) is 1. The van der Waals surface area contributed by atoms with Gasteiger partial charge in [-0.2, -0.15) is 0 Å². The number of carbonyl (C=O) groups is 2. The number of hydrogen-bond acceptors (Lipinski definition) is 4. The fourth-order valence-corrected chi connectivity index (χ4v) is 3.21. The number of alkyl halides is 1. The molecule has 7 heteroatoms. The van der Waals surface area contributed by atoms with Gasteiger partial charge in [-0.25, -0.2) is 14.0 Å². The molecular weight excluding hydrogens is 303 g/mol. The third-order valence-electron chi connectivity index (χ3n) is 4.09. The number of ether oxygens (including phenoxy) is 1. The molecule has 1 amide bonds. The van der Waals surface area contributed by atoms with Gasteiger partial charge in [-0.15, -0.1) is 0 Å². The molecule has 124 valence electrons. The highest BCUT2D eigenvalue weighted by molar-refractivity contribution is 5.83. The van der Waals surface area contributed by atoms with E-state index in [4.69, 9.17) is 4.74 Å². The van der Waals surface area contributed by atoms with Crippen LogP contribution in [-0.2, 0) is 15.2 Å². The fraction of sp³-hybridized carbons (Fsp3) is 0.500.